The number of halogens is 1. The number of nitrogens with one attached hydrogen (secondary N) is 1. The Labute approximate surface area is 191 Å². The minimum absolute atomic E-state index is 0.0409. The van der Waals surface area contributed by atoms with E-state index in [0.29, 0.717) is 22.2 Å². The zero-order chi connectivity index (χ0) is 22.6. The molecule has 0 aliphatic carbocycles. The maximum Gasteiger partial charge on any atom is 0.264 e. The molecule has 166 valence electrons. The Balaban J connectivity index is 1.47. The van der Waals surface area contributed by atoms with Crippen LogP contribution in [0.4, 0.5) is 5.69 Å². The van der Waals surface area contributed by atoms with Crippen LogP contribution in [0.25, 0.3) is 0 Å². The first kappa shape index (κ1) is 22.0. The Morgan fingerprint density at radius 1 is 0.969 bits per heavy atom. The standard InChI is InChI=1S/C23H21ClN2O5S/c24-17-10-12-20(13-11-17)32(28,29)26(18-6-2-1-3-7-18)15-23(27)25-14-19-16-30-21-8-4-5-9-22(21)31-19/h1-13,19H,14-16H2,(H,25,27)/t19-/m1/s1. The van der Waals surface area contributed by atoms with Gasteiger partial charge in [0, 0.05) is 5.02 Å². The molecule has 0 fully saturated rings. The molecule has 3 aromatic rings. The molecule has 1 aliphatic rings. The summed E-state index contributed by atoms with van der Waals surface area (Å²) in [4.78, 5) is 12.8. The van der Waals surface area contributed by atoms with E-state index in [0.717, 1.165) is 4.31 Å². The molecule has 7 nitrogen and oxygen atoms in total. The summed E-state index contributed by atoms with van der Waals surface area (Å²) in [7, 11) is -3.99. The van der Waals surface area contributed by atoms with E-state index < -0.39 is 15.9 Å². The van der Waals surface area contributed by atoms with Crippen molar-refractivity contribution in [1.29, 1.82) is 0 Å². The second kappa shape index (κ2) is 9.50. The summed E-state index contributed by atoms with van der Waals surface area (Å²) in [5, 5.41) is 3.17. The molecule has 0 saturated heterocycles. The molecular weight excluding hydrogens is 452 g/mol. The monoisotopic (exact) mass is 472 g/mol. The van der Waals surface area contributed by atoms with Crippen LogP contribution in [0.5, 0.6) is 11.5 Å². The highest BCUT2D eigenvalue weighted by Crippen LogP contribution is 2.30. The minimum Gasteiger partial charge on any atom is -0.486 e. The van der Waals surface area contributed by atoms with Crippen molar-refractivity contribution >= 4 is 33.2 Å². The van der Waals surface area contributed by atoms with E-state index in [1.165, 1.54) is 24.3 Å². The van der Waals surface area contributed by atoms with Gasteiger partial charge in [-0.1, -0.05) is 41.9 Å². The molecule has 1 amide bonds. The van der Waals surface area contributed by atoms with Crippen LogP contribution >= 0.6 is 11.6 Å². The van der Waals surface area contributed by atoms with Crippen molar-refractivity contribution < 1.29 is 22.7 Å². The van der Waals surface area contributed by atoms with Gasteiger partial charge in [0.15, 0.2) is 11.5 Å². The number of carbonyl (C=O) groups excluding carboxylic acids is 1. The van der Waals surface area contributed by atoms with E-state index in [-0.39, 0.29) is 30.7 Å². The molecule has 0 aromatic heterocycles. The first-order chi connectivity index (χ1) is 15.4. The van der Waals surface area contributed by atoms with Crippen molar-refractivity contribution in [3.63, 3.8) is 0 Å². The van der Waals surface area contributed by atoms with E-state index >= 15 is 0 Å². The van der Waals surface area contributed by atoms with Crippen molar-refractivity contribution in [2.45, 2.75) is 11.0 Å². The number of ether oxygens (including phenoxy) is 2. The number of para-hydroxylation sites is 3. The number of fused-ring (bicyclic) bond motifs is 1. The normalized spacial score (nSPS) is 15.1. The summed E-state index contributed by atoms with van der Waals surface area (Å²) in [5.41, 5.74) is 0.378. The molecule has 1 aliphatic heterocycles. The van der Waals surface area contributed by atoms with Crippen LogP contribution in [-0.2, 0) is 14.8 Å². The molecule has 1 atom stereocenters. The summed E-state index contributed by atoms with van der Waals surface area (Å²) in [6, 6.07) is 21.6. The smallest absolute Gasteiger partial charge is 0.264 e. The van der Waals surface area contributed by atoms with Gasteiger partial charge in [0.1, 0.15) is 19.3 Å². The largest absolute Gasteiger partial charge is 0.486 e. The van der Waals surface area contributed by atoms with Crippen LogP contribution in [0.15, 0.2) is 83.8 Å². The molecule has 9 heteroatoms. The topological polar surface area (TPSA) is 84.9 Å². The average molecular weight is 473 g/mol. The lowest BCUT2D eigenvalue weighted by atomic mass is 10.2. The van der Waals surface area contributed by atoms with Crippen LogP contribution in [0.3, 0.4) is 0 Å². The summed E-state index contributed by atoms with van der Waals surface area (Å²) in [6.45, 7) is 0.0681. The summed E-state index contributed by atoms with van der Waals surface area (Å²) in [5.74, 6) is 0.794. The third kappa shape index (κ3) is 4.98. The Bertz CT molecular complexity index is 1190. The third-order valence-electron chi connectivity index (χ3n) is 4.83. The third-order valence-corrected chi connectivity index (χ3v) is 6.87. The summed E-state index contributed by atoms with van der Waals surface area (Å²) < 4.78 is 39.1. The Morgan fingerprint density at radius 3 is 2.34 bits per heavy atom. The molecular formula is C23H21ClN2O5S. The molecule has 0 unspecified atom stereocenters. The Kier molecular flexibility index (Phi) is 6.53. The molecule has 3 aromatic carbocycles. The summed E-state index contributed by atoms with van der Waals surface area (Å²) >= 11 is 5.89. The molecule has 0 spiro atoms. The average Bonchev–Trinajstić information content (AvgIpc) is 2.82. The van der Waals surface area contributed by atoms with Gasteiger partial charge in [0.25, 0.3) is 10.0 Å². The predicted octanol–water partition coefficient (Wildman–Crippen LogP) is 3.49. The lowest BCUT2D eigenvalue weighted by Crippen LogP contribution is -2.45. The second-order valence-corrected chi connectivity index (χ2v) is 9.40. The van der Waals surface area contributed by atoms with Gasteiger partial charge in [-0.05, 0) is 48.5 Å². The van der Waals surface area contributed by atoms with Gasteiger partial charge < -0.3 is 14.8 Å². The molecule has 1 heterocycles. The quantitative estimate of drug-likeness (QED) is 0.569. The second-order valence-electron chi connectivity index (χ2n) is 7.10. The molecule has 0 saturated carbocycles. The van der Waals surface area contributed by atoms with E-state index in [4.69, 9.17) is 21.1 Å². The molecule has 4 rings (SSSR count). The van der Waals surface area contributed by atoms with Crippen molar-refractivity contribution in [2.75, 3.05) is 24.0 Å². The van der Waals surface area contributed by atoms with E-state index in [1.807, 2.05) is 18.2 Å². The number of benzene rings is 3. The van der Waals surface area contributed by atoms with Crippen molar-refractivity contribution in [3.05, 3.63) is 83.9 Å². The van der Waals surface area contributed by atoms with Crippen LogP contribution in [0.1, 0.15) is 0 Å². The molecule has 1 N–H and O–H groups in total. The minimum atomic E-state index is -3.99. The fraction of sp³-hybridized carbons (Fsp3) is 0.174. The van der Waals surface area contributed by atoms with E-state index in [9.17, 15) is 13.2 Å². The van der Waals surface area contributed by atoms with Crippen molar-refractivity contribution in [2.24, 2.45) is 0 Å². The first-order valence-corrected chi connectivity index (χ1v) is 11.7. The number of anilines is 1. The van der Waals surface area contributed by atoms with E-state index in [2.05, 4.69) is 5.32 Å². The number of nitrogens with zero attached hydrogens (tertiary/aromatic N) is 1. The highest BCUT2D eigenvalue weighted by molar-refractivity contribution is 7.92. The van der Waals surface area contributed by atoms with Gasteiger partial charge in [-0.25, -0.2) is 8.42 Å². The number of hydrogen-bond acceptors (Lipinski definition) is 5. The number of hydrogen-bond donors (Lipinski definition) is 1. The highest BCUT2D eigenvalue weighted by atomic mass is 35.5. The molecule has 0 radical (unpaired) electrons. The Morgan fingerprint density at radius 2 is 1.62 bits per heavy atom. The predicted molar refractivity (Wildman–Crippen MR) is 122 cm³/mol. The zero-order valence-electron chi connectivity index (χ0n) is 17.0. The fourth-order valence-corrected chi connectivity index (χ4v) is 4.77. The van der Waals surface area contributed by atoms with Crippen molar-refractivity contribution in [3.8, 4) is 11.5 Å². The van der Waals surface area contributed by atoms with Crippen LogP contribution in [0.2, 0.25) is 5.02 Å². The van der Waals surface area contributed by atoms with Gasteiger partial charge in [0.05, 0.1) is 17.1 Å². The van der Waals surface area contributed by atoms with Gasteiger partial charge in [-0.15, -0.1) is 0 Å². The SMILES string of the molecule is O=C(CN(c1ccccc1)S(=O)(=O)c1ccc(Cl)cc1)NC[C@@H]1COc2ccccc2O1. The van der Waals surface area contributed by atoms with Gasteiger partial charge >= 0.3 is 0 Å². The van der Waals surface area contributed by atoms with Gasteiger partial charge in [-0.3, -0.25) is 9.10 Å². The fourth-order valence-electron chi connectivity index (χ4n) is 3.22. The number of rotatable bonds is 7. The van der Waals surface area contributed by atoms with Crippen LogP contribution in [-0.4, -0.2) is 40.1 Å². The maximum atomic E-state index is 13.3. The van der Waals surface area contributed by atoms with Crippen LogP contribution < -0.4 is 19.1 Å². The van der Waals surface area contributed by atoms with Crippen LogP contribution in [0, 0.1) is 0 Å². The van der Waals surface area contributed by atoms with Crippen molar-refractivity contribution in [1.82, 2.24) is 5.32 Å². The molecule has 0 bridgehead atoms. The number of carbonyl (C=O) groups is 1. The Hall–Kier alpha value is -3.23. The first-order valence-electron chi connectivity index (χ1n) is 9.92. The molecule has 32 heavy (non-hydrogen) atoms. The van der Waals surface area contributed by atoms with Gasteiger partial charge in [0.2, 0.25) is 5.91 Å². The lowest BCUT2D eigenvalue weighted by Gasteiger charge is -2.27. The van der Waals surface area contributed by atoms with E-state index in [1.54, 1.807) is 36.4 Å². The lowest BCUT2D eigenvalue weighted by molar-refractivity contribution is -0.120. The summed E-state index contributed by atoms with van der Waals surface area (Å²) in [6.07, 6.45) is -0.383. The number of sulfonamides is 1. The number of amides is 1. The maximum absolute atomic E-state index is 13.3. The highest BCUT2D eigenvalue weighted by Gasteiger charge is 2.28. The zero-order valence-corrected chi connectivity index (χ0v) is 18.6. The van der Waals surface area contributed by atoms with Gasteiger partial charge in [-0.2, -0.15) is 0 Å².